The summed E-state index contributed by atoms with van der Waals surface area (Å²) in [5.74, 6) is 2.85. The lowest BCUT2D eigenvalue weighted by Crippen LogP contribution is -2.52. The average molecular weight is 437 g/mol. The van der Waals surface area contributed by atoms with Gasteiger partial charge in [-0.1, -0.05) is 18.2 Å². The number of hydrogen-bond donors (Lipinski definition) is 1. The van der Waals surface area contributed by atoms with E-state index in [1.807, 2.05) is 30.3 Å². The third-order valence-electron chi connectivity index (χ3n) is 7.08. The molecule has 3 saturated heterocycles. The average Bonchev–Trinajstić information content (AvgIpc) is 2.84. The van der Waals surface area contributed by atoms with Gasteiger partial charge in [0.2, 0.25) is 0 Å². The van der Waals surface area contributed by atoms with E-state index in [4.69, 9.17) is 18.9 Å². The predicted octanol–water partition coefficient (Wildman–Crippen LogP) is 3.77. The van der Waals surface area contributed by atoms with Crippen molar-refractivity contribution in [1.82, 2.24) is 10.2 Å². The van der Waals surface area contributed by atoms with Crippen molar-refractivity contribution in [2.75, 3.05) is 39.5 Å². The third kappa shape index (κ3) is 3.75. The van der Waals surface area contributed by atoms with Crippen LogP contribution in [0, 0.1) is 5.92 Å². The topological polar surface area (TPSA) is 69.3 Å². The van der Waals surface area contributed by atoms with Gasteiger partial charge in [-0.15, -0.1) is 0 Å². The zero-order chi connectivity index (χ0) is 21.5. The van der Waals surface area contributed by atoms with E-state index >= 15 is 0 Å². The monoisotopic (exact) mass is 436 g/mol. The van der Waals surface area contributed by atoms with Crippen LogP contribution in [-0.4, -0.2) is 56.6 Å². The Labute approximate surface area is 187 Å². The maximum Gasteiger partial charge on any atom is 0.407 e. The Morgan fingerprint density at radius 1 is 0.875 bits per heavy atom. The summed E-state index contributed by atoms with van der Waals surface area (Å²) in [5, 5.41) is 3.09. The van der Waals surface area contributed by atoms with Crippen LogP contribution < -0.4 is 19.5 Å². The number of piperidine rings is 3. The highest BCUT2D eigenvalue weighted by Gasteiger charge is 2.37. The molecule has 0 aromatic heterocycles. The zero-order valence-corrected chi connectivity index (χ0v) is 18.0. The second-order valence-corrected chi connectivity index (χ2v) is 9.03. The first-order chi connectivity index (χ1) is 15.7. The predicted molar refractivity (Wildman–Crippen MR) is 118 cm³/mol. The lowest BCUT2D eigenvalue weighted by Gasteiger charge is -2.44. The molecule has 168 valence electrons. The van der Waals surface area contributed by atoms with Crippen molar-refractivity contribution in [3.05, 3.63) is 42.0 Å². The Morgan fingerprint density at radius 2 is 1.59 bits per heavy atom. The molecule has 1 amide bonds. The van der Waals surface area contributed by atoms with Crippen LogP contribution in [0.1, 0.15) is 30.9 Å². The fourth-order valence-electron chi connectivity index (χ4n) is 5.30. The number of ether oxygens (including phenoxy) is 4. The zero-order valence-electron chi connectivity index (χ0n) is 18.0. The molecule has 5 heterocycles. The van der Waals surface area contributed by atoms with E-state index in [9.17, 15) is 4.79 Å². The molecule has 0 radical (unpaired) electrons. The number of amides is 1. The Balaban J connectivity index is 1.16. The highest BCUT2D eigenvalue weighted by Crippen LogP contribution is 2.39. The van der Waals surface area contributed by atoms with Crippen LogP contribution in [0.3, 0.4) is 0 Å². The molecule has 32 heavy (non-hydrogen) atoms. The van der Waals surface area contributed by atoms with Gasteiger partial charge in [-0.3, -0.25) is 4.90 Å². The van der Waals surface area contributed by atoms with Crippen molar-refractivity contribution in [3.8, 4) is 28.4 Å². The molecule has 0 spiro atoms. The summed E-state index contributed by atoms with van der Waals surface area (Å²) in [6, 6.07) is 12.0. The number of nitrogens with zero attached hydrogens (tertiary/aromatic N) is 1. The highest BCUT2D eigenvalue weighted by atomic mass is 16.6. The first kappa shape index (κ1) is 19.7. The number of nitrogens with one attached hydrogen (secondary N) is 1. The van der Waals surface area contributed by atoms with Gasteiger partial charge >= 0.3 is 6.09 Å². The molecular formula is C25H28N2O5. The van der Waals surface area contributed by atoms with Gasteiger partial charge in [0.15, 0.2) is 11.5 Å². The quantitative estimate of drug-likeness (QED) is 0.790. The number of carbonyl (C=O) groups excluding carboxylic acids is 1. The Bertz CT molecular complexity index is 1020. The summed E-state index contributed by atoms with van der Waals surface area (Å²) in [6.45, 7) is 4.82. The second kappa shape index (κ2) is 8.20. The summed E-state index contributed by atoms with van der Waals surface area (Å²) in [6.07, 6.45) is 2.67. The largest absolute Gasteiger partial charge is 0.493 e. The van der Waals surface area contributed by atoms with E-state index in [1.165, 1.54) is 0 Å². The fourth-order valence-corrected chi connectivity index (χ4v) is 5.30. The molecule has 0 aliphatic carbocycles. The molecule has 1 unspecified atom stereocenters. The van der Waals surface area contributed by atoms with E-state index in [0.29, 0.717) is 25.7 Å². The summed E-state index contributed by atoms with van der Waals surface area (Å²) < 4.78 is 23.1. The molecule has 2 atom stereocenters. The summed E-state index contributed by atoms with van der Waals surface area (Å²) in [7, 11) is 0. The molecule has 5 aliphatic rings. The molecule has 2 aromatic carbocycles. The van der Waals surface area contributed by atoms with Crippen molar-refractivity contribution >= 4 is 6.09 Å². The van der Waals surface area contributed by atoms with Crippen LogP contribution in [0.25, 0.3) is 11.1 Å². The second-order valence-electron chi connectivity index (χ2n) is 9.03. The van der Waals surface area contributed by atoms with E-state index in [0.717, 1.165) is 72.8 Å². The van der Waals surface area contributed by atoms with E-state index in [1.54, 1.807) is 0 Å². The van der Waals surface area contributed by atoms with Crippen molar-refractivity contribution < 1.29 is 23.7 Å². The van der Waals surface area contributed by atoms with E-state index in [-0.39, 0.29) is 18.2 Å². The van der Waals surface area contributed by atoms with Crippen LogP contribution in [0.15, 0.2) is 36.4 Å². The van der Waals surface area contributed by atoms with E-state index < -0.39 is 0 Å². The normalized spacial score (nSPS) is 27.8. The summed E-state index contributed by atoms with van der Waals surface area (Å²) in [5.41, 5.74) is 3.07. The van der Waals surface area contributed by atoms with Crippen molar-refractivity contribution in [1.29, 1.82) is 0 Å². The number of alkyl carbamates (subject to hydrolysis) is 1. The van der Waals surface area contributed by atoms with Crippen LogP contribution in [0.5, 0.6) is 17.2 Å². The Hall–Kier alpha value is -2.93. The molecule has 2 bridgehead atoms. The van der Waals surface area contributed by atoms with Gasteiger partial charge in [0, 0.05) is 18.5 Å². The number of rotatable bonds is 3. The number of fused-ring (bicyclic) bond motifs is 5. The van der Waals surface area contributed by atoms with Crippen LogP contribution in [0.4, 0.5) is 4.79 Å². The summed E-state index contributed by atoms with van der Waals surface area (Å²) >= 11 is 0. The molecule has 7 heteroatoms. The summed E-state index contributed by atoms with van der Waals surface area (Å²) in [4.78, 5) is 15.1. The van der Waals surface area contributed by atoms with Gasteiger partial charge in [0.1, 0.15) is 25.1 Å². The smallest absolute Gasteiger partial charge is 0.407 e. The number of hydrogen-bond acceptors (Lipinski definition) is 6. The number of benzene rings is 2. The van der Waals surface area contributed by atoms with Gasteiger partial charge in [0.25, 0.3) is 0 Å². The van der Waals surface area contributed by atoms with Crippen molar-refractivity contribution in [3.63, 3.8) is 0 Å². The van der Waals surface area contributed by atoms with Gasteiger partial charge in [0.05, 0.1) is 12.6 Å². The van der Waals surface area contributed by atoms with Crippen LogP contribution >= 0.6 is 0 Å². The molecule has 7 rings (SSSR count). The molecule has 0 saturated carbocycles. The van der Waals surface area contributed by atoms with Gasteiger partial charge in [-0.2, -0.15) is 0 Å². The van der Waals surface area contributed by atoms with Gasteiger partial charge < -0.3 is 24.3 Å². The Morgan fingerprint density at radius 3 is 2.38 bits per heavy atom. The minimum Gasteiger partial charge on any atom is -0.493 e. The van der Waals surface area contributed by atoms with Crippen LogP contribution in [-0.2, 0) is 4.74 Å². The van der Waals surface area contributed by atoms with Crippen molar-refractivity contribution in [2.24, 2.45) is 5.92 Å². The Kier molecular flexibility index (Phi) is 5.06. The molecule has 1 N–H and O–H groups in total. The fraction of sp³-hybridized carbons (Fsp3) is 0.480. The lowest BCUT2D eigenvalue weighted by molar-refractivity contribution is -0.0342. The first-order valence-electron chi connectivity index (χ1n) is 11.6. The molecule has 3 fully saturated rings. The minimum atomic E-state index is -0.322. The lowest BCUT2D eigenvalue weighted by atomic mass is 9.86. The maximum absolute atomic E-state index is 12.7. The minimum absolute atomic E-state index is 0.00870. The van der Waals surface area contributed by atoms with E-state index in [2.05, 4.69) is 16.3 Å². The SMILES string of the molecule is O=C(NC1CCOc2cc(-c3ccc4c(c3)OCCO4)ccc21)O[C@H]1CN2CCC1CC2. The molecule has 2 aromatic rings. The van der Waals surface area contributed by atoms with Crippen LogP contribution in [0.2, 0.25) is 0 Å². The maximum atomic E-state index is 12.7. The molecule has 7 nitrogen and oxygen atoms in total. The highest BCUT2D eigenvalue weighted by molar-refractivity contribution is 5.71. The molecular weight excluding hydrogens is 408 g/mol. The molecule has 5 aliphatic heterocycles. The first-order valence-corrected chi connectivity index (χ1v) is 11.6. The number of carbonyl (C=O) groups is 1. The van der Waals surface area contributed by atoms with Crippen molar-refractivity contribution in [2.45, 2.75) is 31.4 Å². The standard InChI is InChI=1S/C25H28N2O5/c28-25(32-24-15-27-8-5-16(24)6-9-27)26-20-7-10-29-22-13-17(1-3-19(20)22)18-2-4-21-23(14-18)31-12-11-30-21/h1-4,13-14,16,20,24H,5-12,15H2,(H,26,28)/t20?,24-/m0/s1. The van der Waals surface area contributed by atoms with Gasteiger partial charge in [-0.25, -0.2) is 4.79 Å². The third-order valence-corrected chi connectivity index (χ3v) is 7.08. The van der Waals surface area contributed by atoms with Gasteiger partial charge in [-0.05, 0) is 61.2 Å².